The molecule has 0 bridgehead atoms. The number of ether oxygens (including phenoxy) is 1. The summed E-state index contributed by atoms with van der Waals surface area (Å²) < 4.78 is 5.36. The van der Waals surface area contributed by atoms with E-state index < -0.39 is 0 Å². The number of nitrogens with zero attached hydrogens (tertiary/aromatic N) is 5. The van der Waals surface area contributed by atoms with E-state index in [9.17, 15) is 4.79 Å². The second kappa shape index (κ2) is 17.6. The van der Waals surface area contributed by atoms with Crippen LogP contribution in [0.5, 0.6) is 0 Å². The van der Waals surface area contributed by atoms with Crippen LogP contribution in [0.15, 0.2) is 96.2 Å². The lowest BCUT2D eigenvalue weighted by atomic mass is 10.1. The van der Waals surface area contributed by atoms with Crippen molar-refractivity contribution in [3.63, 3.8) is 0 Å². The highest BCUT2D eigenvalue weighted by Gasteiger charge is 2.12. The number of morpholine rings is 1. The lowest BCUT2D eigenvalue weighted by Gasteiger charge is -2.26. The number of anilines is 6. The first-order chi connectivity index (χ1) is 24.9. The van der Waals surface area contributed by atoms with Crippen molar-refractivity contribution in [1.82, 2.24) is 24.8 Å². The molecule has 0 atom stereocenters. The minimum absolute atomic E-state index is 0.0381. The normalized spacial score (nSPS) is 12.8. The molecule has 5 heterocycles. The highest BCUT2D eigenvalue weighted by molar-refractivity contribution is 7.14. The third-order valence-corrected chi connectivity index (χ3v) is 9.69. The molecule has 4 aromatic heterocycles. The fraction of sp³-hybridized carbons (Fsp3) is 0.237. The van der Waals surface area contributed by atoms with E-state index in [1.54, 1.807) is 41.3 Å². The van der Waals surface area contributed by atoms with Crippen LogP contribution < -0.4 is 21.7 Å². The van der Waals surface area contributed by atoms with Crippen LogP contribution in [0.2, 0.25) is 0 Å². The van der Waals surface area contributed by atoms with Gasteiger partial charge in [-0.2, -0.15) is 0 Å². The number of hydrogen-bond acceptors (Lipinski definition) is 12. The largest absolute Gasteiger partial charge is 0.399 e. The number of carbonyl (C=O) groups is 1. The zero-order valence-electron chi connectivity index (χ0n) is 28.6. The number of hydrogen-bond donors (Lipinski definition) is 4. The van der Waals surface area contributed by atoms with Crippen LogP contribution in [0.1, 0.15) is 24.0 Å². The van der Waals surface area contributed by atoms with Gasteiger partial charge in [-0.1, -0.05) is 12.1 Å². The van der Waals surface area contributed by atoms with Gasteiger partial charge in [-0.15, -0.1) is 22.7 Å². The van der Waals surface area contributed by atoms with Crippen molar-refractivity contribution >= 4 is 61.6 Å². The highest BCUT2D eigenvalue weighted by Crippen LogP contribution is 2.30. The molecule has 51 heavy (non-hydrogen) atoms. The number of nitrogen functional groups attached to an aromatic ring is 1. The van der Waals surface area contributed by atoms with Crippen molar-refractivity contribution in [3.05, 3.63) is 107 Å². The second-order valence-corrected chi connectivity index (χ2v) is 13.7. The molecule has 2 aromatic carbocycles. The van der Waals surface area contributed by atoms with Gasteiger partial charge in [0.05, 0.1) is 24.6 Å². The summed E-state index contributed by atoms with van der Waals surface area (Å²) in [6.45, 7) is 8.48. The van der Waals surface area contributed by atoms with E-state index in [1.165, 1.54) is 0 Å². The zero-order valence-corrected chi connectivity index (χ0v) is 30.3. The van der Waals surface area contributed by atoms with Crippen LogP contribution >= 0.6 is 22.7 Å². The SMILES string of the molecule is Cc1ccc(N)cc1Nc1nc(-c2cccnc2)cs1.Cc1ccc(NC(=O)CCCN2CCOCC2)cc1Nc1nc(-c2cccnc2)cs1. The molecular weight excluding hydrogens is 679 g/mol. The lowest BCUT2D eigenvalue weighted by molar-refractivity contribution is -0.116. The molecule has 6 aromatic rings. The predicted octanol–water partition coefficient (Wildman–Crippen LogP) is 8.15. The second-order valence-electron chi connectivity index (χ2n) is 12.0. The molecule has 13 heteroatoms. The number of benzene rings is 2. The Kier molecular flexibility index (Phi) is 12.3. The van der Waals surface area contributed by atoms with Gasteiger partial charge in [0.2, 0.25) is 5.91 Å². The van der Waals surface area contributed by atoms with Crippen molar-refractivity contribution in [2.75, 3.05) is 54.5 Å². The minimum Gasteiger partial charge on any atom is -0.399 e. The number of thiazole rings is 2. The first-order valence-electron chi connectivity index (χ1n) is 16.7. The summed E-state index contributed by atoms with van der Waals surface area (Å²) in [7, 11) is 0. The molecule has 1 aliphatic rings. The van der Waals surface area contributed by atoms with E-state index in [0.717, 1.165) is 106 Å². The number of aromatic nitrogens is 4. The van der Waals surface area contributed by atoms with Crippen LogP contribution in [-0.2, 0) is 9.53 Å². The number of nitrogens with one attached hydrogen (secondary N) is 3. The van der Waals surface area contributed by atoms with Crippen LogP contribution in [0, 0.1) is 13.8 Å². The summed E-state index contributed by atoms with van der Waals surface area (Å²) in [6.07, 6.45) is 8.48. The molecule has 0 aliphatic carbocycles. The smallest absolute Gasteiger partial charge is 0.224 e. The third-order valence-electron chi connectivity index (χ3n) is 8.17. The summed E-state index contributed by atoms with van der Waals surface area (Å²) >= 11 is 3.10. The molecule has 7 rings (SSSR count). The predicted molar refractivity (Wildman–Crippen MR) is 209 cm³/mol. The Morgan fingerprint density at radius 3 is 2.00 bits per heavy atom. The quantitative estimate of drug-likeness (QED) is 0.0969. The van der Waals surface area contributed by atoms with Crippen LogP contribution in [-0.4, -0.2) is 63.6 Å². The van der Waals surface area contributed by atoms with Gasteiger partial charge in [0.15, 0.2) is 10.3 Å². The molecule has 1 aliphatic heterocycles. The monoisotopic (exact) mass is 719 g/mol. The van der Waals surface area contributed by atoms with Gasteiger partial charge in [0.1, 0.15) is 0 Å². The average Bonchev–Trinajstić information content (AvgIpc) is 3.83. The topological polar surface area (TPSA) is 143 Å². The number of carbonyl (C=O) groups excluding carboxylic acids is 1. The molecule has 0 spiro atoms. The lowest BCUT2D eigenvalue weighted by Crippen LogP contribution is -2.37. The Bertz CT molecular complexity index is 2010. The molecule has 0 radical (unpaired) electrons. The van der Waals surface area contributed by atoms with Gasteiger partial charge in [-0.3, -0.25) is 19.7 Å². The van der Waals surface area contributed by atoms with E-state index in [2.05, 4.69) is 40.8 Å². The van der Waals surface area contributed by atoms with E-state index in [0.29, 0.717) is 6.42 Å². The molecule has 1 saturated heterocycles. The first kappa shape index (κ1) is 35.6. The van der Waals surface area contributed by atoms with E-state index in [1.807, 2.05) is 91.5 Å². The van der Waals surface area contributed by atoms with Crippen molar-refractivity contribution < 1.29 is 9.53 Å². The molecule has 1 fully saturated rings. The van der Waals surface area contributed by atoms with Gasteiger partial charge < -0.3 is 26.4 Å². The summed E-state index contributed by atoms with van der Waals surface area (Å²) in [5.74, 6) is 0.0381. The number of aryl methyl sites for hydroxylation is 2. The Balaban J connectivity index is 0.000000193. The van der Waals surface area contributed by atoms with Crippen molar-refractivity contribution in [3.8, 4) is 22.5 Å². The Labute approximate surface area is 306 Å². The van der Waals surface area contributed by atoms with Crippen molar-refractivity contribution in [2.24, 2.45) is 0 Å². The fourth-order valence-corrected chi connectivity index (χ4v) is 6.77. The standard InChI is InChI=1S/C23H27N5O2S.C15H14N4S/c1-17-6-7-19(25-22(29)5-3-9-28-10-12-30-13-11-28)14-20(17)26-23-27-21(16-31-23)18-4-2-8-24-15-18;1-10-4-5-12(16)7-13(10)18-15-19-14(9-20-15)11-3-2-6-17-8-11/h2,4,6-8,14-16H,3,5,9-13H2,1H3,(H,25,29)(H,26,27);2-9H,16H2,1H3,(H,18,19). The molecular formula is C38H41N9O2S2. The number of amides is 1. The van der Waals surface area contributed by atoms with Gasteiger partial charge in [-0.25, -0.2) is 9.97 Å². The molecule has 0 saturated carbocycles. The highest BCUT2D eigenvalue weighted by atomic mass is 32.1. The van der Waals surface area contributed by atoms with Crippen LogP contribution in [0.3, 0.4) is 0 Å². The molecule has 11 nitrogen and oxygen atoms in total. The van der Waals surface area contributed by atoms with E-state index >= 15 is 0 Å². The number of rotatable bonds is 11. The number of pyridine rings is 2. The van der Waals surface area contributed by atoms with Gasteiger partial charge in [-0.05, 0) is 86.5 Å². The van der Waals surface area contributed by atoms with Crippen LogP contribution in [0.25, 0.3) is 22.5 Å². The Morgan fingerprint density at radius 1 is 0.824 bits per heavy atom. The molecule has 1 amide bonds. The maximum atomic E-state index is 12.4. The summed E-state index contributed by atoms with van der Waals surface area (Å²) in [4.78, 5) is 32.2. The van der Waals surface area contributed by atoms with Crippen molar-refractivity contribution in [1.29, 1.82) is 0 Å². The van der Waals surface area contributed by atoms with E-state index in [-0.39, 0.29) is 5.91 Å². The average molecular weight is 720 g/mol. The van der Waals surface area contributed by atoms with Crippen LogP contribution in [0.4, 0.5) is 33.0 Å². The summed E-state index contributed by atoms with van der Waals surface area (Å²) in [5.41, 5.74) is 15.3. The summed E-state index contributed by atoms with van der Waals surface area (Å²) in [6, 6.07) is 19.5. The maximum Gasteiger partial charge on any atom is 0.224 e. The Hall–Kier alpha value is -5.21. The van der Waals surface area contributed by atoms with Crippen molar-refractivity contribution in [2.45, 2.75) is 26.7 Å². The zero-order chi connectivity index (χ0) is 35.4. The third kappa shape index (κ3) is 10.4. The molecule has 5 N–H and O–H groups in total. The number of nitrogens with two attached hydrogens (primary N) is 1. The Morgan fingerprint density at radius 2 is 1.41 bits per heavy atom. The molecule has 262 valence electrons. The first-order valence-corrected chi connectivity index (χ1v) is 18.5. The minimum atomic E-state index is 0.0381. The van der Waals surface area contributed by atoms with E-state index in [4.69, 9.17) is 10.5 Å². The van der Waals surface area contributed by atoms with Gasteiger partial charge in [0.25, 0.3) is 0 Å². The maximum absolute atomic E-state index is 12.4. The van der Waals surface area contributed by atoms with Gasteiger partial charge >= 0.3 is 0 Å². The van der Waals surface area contributed by atoms with Gasteiger partial charge in [0, 0.05) is 88.9 Å². The fourth-order valence-electron chi connectivity index (χ4n) is 5.31. The summed E-state index contributed by atoms with van der Waals surface area (Å²) in [5, 5.41) is 15.4. The molecule has 0 unspecified atom stereocenters.